The molecule has 1 atom stereocenters. The first kappa shape index (κ1) is 11.1. The Kier molecular flexibility index (Phi) is 3.06. The van der Waals surface area contributed by atoms with Gasteiger partial charge in [0, 0.05) is 12.6 Å². The van der Waals surface area contributed by atoms with Gasteiger partial charge in [0.25, 0.3) is 0 Å². The second kappa shape index (κ2) is 4.69. The summed E-state index contributed by atoms with van der Waals surface area (Å²) in [5, 5.41) is 13.2. The first-order chi connectivity index (χ1) is 8.33. The van der Waals surface area contributed by atoms with E-state index >= 15 is 0 Å². The maximum absolute atomic E-state index is 9.47. The highest BCUT2D eigenvalue weighted by Gasteiger charge is 2.24. The van der Waals surface area contributed by atoms with Crippen LogP contribution in [0.15, 0.2) is 18.2 Å². The Balaban J connectivity index is 1.63. The van der Waals surface area contributed by atoms with Crippen molar-refractivity contribution in [3.05, 3.63) is 29.3 Å². The highest BCUT2D eigenvalue weighted by Crippen LogP contribution is 2.34. The third-order valence-corrected chi connectivity index (χ3v) is 4.34. The fraction of sp³-hybridized carbons (Fsp3) is 0.600. The van der Waals surface area contributed by atoms with E-state index in [1.807, 2.05) is 12.1 Å². The third-order valence-electron chi connectivity index (χ3n) is 4.34. The number of hydrogen-bond acceptors (Lipinski definition) is 2. The van der Waals surface area contributed by atoms with Crippen LogP contribution < -0.4 is 5.32 Å². The van der Waals surface area contributed by atoms with Gasteiger partial charge < -0.3 is 10.4 Å². The third kappa shape index (κ3) is 2.32. The van der Waals surface area contributed by atoms with Gasteiger partial charge in [-0.2, -0.15) is 0 Å². The Labute approximate surface area is 103 Å². The molecule has 3 rings (SSSR count). The Morgan fingerprint density at radius 3 is 2.82 bits per heavy atom. The van der Waals surface area contributed by atoms with E-state index in [0.29, 0.717) is 11.7 Å². The summed E-state index contributed by atoms with van der Waals surface area (Å²) in [6.45, 7) is 1.11. The number of benzene rings is 1. The van der Waals surface area contributed by atoms with Gasteiger partial charge >= 0.3 is 0 Å². The molecule has 1 saturated carbocycles. The van der Waals surface area contributed by atoms with Gasteiger partial charge in [0.1, 0.15) is 5.75 Å². The molecule has 0 saturated heterocycles. The van der Waals surface area contributed by atoms with Gasteiger partial charge in [-0.25, -0.2) is 0 Å². The molecular formula is C15H21NO. The lowest BCUT2D eigenvalue weighted by Crippen LogP contribution is -2.29. The molecule has 0 radical (unpaired) electrons. The van der Waals surface area contributed by atoms with E-state index in [-0.39, 0.29) is 0 Å². The van der Waals surface area contributed by atoms with Gasteiger partial charge in [-0.05, 0) is 54.9 Å². The van der Waals surface area contributed by atoms with Gasteiger partial charge in [-0.15, -0.1) is 0 Å². The van der Waals surface area contributed by atoms with Crippen LogP contribution in [0, 0.1) is 0 Å². The van der Waals surface area contributed by atoms with Crippen molar-refractivity contribution in [2.75, 3.05) is 6.54 Å². The van der Waals surface area contributed by atoms with Crippen molar-refractivity contribution >= 4 is 0 Å². The number of hydrogen-bond donors (Lipinski definition) is 2. The molecule has 0 amide bonds. The lowest BCUT2D eigenvalue weighted by molar-refractivity contribution is 0.474. The summed E-state index contributed by atoms with van der Waals surface area (Å²) < 4.78 is 0. The molecule has 2 aliphatic carbocycles. The van der Waals surface area contributed by atoms with Gasteiger partial charge in [-0.1, -0.05) is 18.9 Å². The average Bonchev–Trinajstić information content (AvgIpc) is 2.94. The van der Waals surface area contributed by atoms with Crippen molar-refractivity contribution in [1.82, 2.24) is 5.32 Å². The zero-order chi connectivity index (χ0) is 11.7. The van der Waals surface area contributed by atoms with Crippen LogP contribution in [0.1, 0.15) is 49.1 Å². The number of phenols is 1. The predicted octanol–water partition coefficient (Wildman–Crippen LogP) is 2.95. The first-order valence-electron chi connectivity index (χ1n) is 6.88. The lowest BCUT2D eigenvalue weighted by Gasteiger charge is -2.17. The molecule has 1 aromatic carbocycles. The highest BCUT2D eigenvalue weighted by molar-refractivity contribution is 5.40. The van der Waals surface area contributed by atoms with Gasteiger partial charge in [0.15, 0.2) is 0 Å². The maximum Gasteiger partial charge on any atom is 0.115 e. The molecule has 0 aliphatic heterocycles. The van der Waals surface area contributed by atoms with E-state index in [4.69, 9.17) is 0 Å². The molecule has 92 valence electrons. The Bertz CT molecular complexity index is 396. The van der Waals surface area contributed by atoms with Crippen LogP contribution in [0.25, 0.3) is 0 Å². The molecule has 2 nitrogen and oxygen atoms in total. The fourth-order valence-corrected chi connectivity index (χ4v) is 3.34. The minimum atomic E-state index is 0.410. The summed E-state index contributed by atoms with van der Waals surface area (Å²) in [5.41, 5.74) is 2.80. The van der Waals surface area contributed by atoms with Crippen LogP contribution in [0.3, 0.4) is 0 Å². The molecule has 2 heteroatoms. The van der Waals surface area contributed by atoms with E-state index in [0.717, 1.165) is 19.0 Å². The molecule has 2 N–H and O–H groups in total. The van der Waals surface area contributed by atoms with Crippen molar-refractivity contribution < 1.29 is 5.11 Å². The maximum atomic E-state index is 9.47. The van der Waals surface area contributed by atoms with Crippen LogP contribution in [-0.4, -0.2) is 17.7 Å². The Morgan fingerprint density at radius 1 is 1.18 bits per heavy atom. The van der Waals surface area contributed by atoms with Crippen molar-refractivity contribution in [3.8, 4) is 5.75 Å². The van der Waals surface area contributed by atoms with Crippen LogP contribution in [0.5, 0.6) is 5.75 Å². The van der Waals surface area contributed by atoms with E-state index in [1.165, 1.54) is 43.2 Å². The summed E-state index contributed by atoms with van der Waals surface area (Å²) >= 11 is 0. The molecule has 0 aromatic heterocycles. The Morgan fingerprint density at radius 2 is 2.00 bits per heavy atom. The molecule has 1 unspecified atom stereocenters. The minimum Gasteiger partial charge on any atom is -0.508 e. The summed E-state index contributed by atoms with van der Waals surface area (Å²) in [6.07, 6.45) is 7.86. The highest BCUT2D eigenvalue weighted by atomic mass is 16.3. The van der Waals surface area contributed by atoms with Crippen molar-refractivity contribution in [3.63, 3.8) is 0 Å². The molecule has 0 heterocycles. The molecule has 1 aromatic rings. The normalized spacial score (nSPS) is 24.1. The summed E-state index contributed by atoms with van der Waals surface area (Å²) in [4.78, 5) is 0. The summed E-state index contributed by atoms with van der Waals surface area (Å²) in [5.74, 6) is 1.07. The largest absolute Gasteiger partial charge is 0.508 e. The van der Waals surface area contributed by atoms with Crippen LogP contribution in [0.4, 0.5) is 0 Å². The average molecular weight is 231 g/mol. The molecular weight excluding hydrogens is 210 g/mol. The molecule has 2 aliphatic rings. The van der Waals surface area contributed by atoms with E-state index in [2.05, 4.69) is 11.4 Å². The molecule has 1 fully saturated rings. The van der Waals surface area contributed by atoms with Crippen molar-refractivity contribution in [2.45, 2.75) is 50.5 Å². The summed E-state index contributed by atoms with van der Waals surface area (Å²) in [7, 11) is 0. The lowest BCUT2D eigenvalue weighted by atomic mass is 10.0. The second-order valence-electron chi connectivity index (χ2n) is 5.51. The van der Waals surface area contributed by atoms with Crippen molar-refractivity contribution in [1.29, 1.82) is 0 Å². The number of aromatic hydroxyl groups is 1. The number of rotatable bonds is 3. The van der Waals surface area contributed by atoms with Gasteiger partial charge in [0.05, 0.1) is 0 Å². The number of phenolic OH excluding ortho intramolecular Hbond substituents is 1. The molecule has 17 heavy (non-hydrogen) atoms. The number of aryl methyl sites for hydroxylation is 1. The van der Waals surface area contributed by atoms with Gasteiger partial charge in [0.2, 0.25) is 0 Å². The Hall–Kier alpha value is -1.02. The summed E-state index contributed by atoms with van der Waals surface area (Å²) in [6, 6.07) is 6.63. The van der Waals surface area contributed by atoms with Crippen LogP contribution in [0.2, 0.25) is 0 Å². The zero-order valence-corrected chi connectivity index (χ0v) is 10.3. The SMILES string of the molecule is Oc1ccc2c(c1)CCC2CNC1CCCC1. The van der Waals surface area contributed by atoms with Gasteiger partial charge in [-0.3, -0.25) is 0 Å². The quantitative estimate of drug-likeness (QED) is 0.838. The molecule has 0 spiro atoms. The van der Waals surface area contributed by atoms with E-state index < -0.39 is 0 Å². The number of fused-ring (bicyclic) bond motifs is 1. The smallest absolute Gasteiger partial charge is 0.115 e. The number of nitrogens with one attached hydrogen (secondary N) is 1. The second-order valence-corrected chi connectivity index (χ2v) is 5.51. The van der Waals surface area contributed by atoms with E-state index in [1.54, 1.807) is 0 Å². The minimum absolute atomic E-state index is 0.410. The monoisotopic (exact) mass is 231 g/mol. The predicted molar refractivity (Wildman–Crippen MR) is 69.4 cm³/mol. The van der Waals surface area contributed by atoms with E-state index in [9.17, 15) is 5.11 Å². The van der Waals surface area contributed by atoms with Crippen LogP contribution >= 0.6 is 0 Å². The zero-order valence-electron chi connectivity index (χ0n) is 10.3. The fourth-order valence-electron chi connectivity index (χ4n) is 3.34. The standard InChI is InChI=1S/C15H21NO/c17-14-7-8-15-11(9-14)5-6-12(15)10-16-13-3-1-2-4-13/h7-9,12-13,16-17H,1-6,10H2. The molecule has 0 bridgehead atoms. The first-order valence-corrected chi connectivity index (χ1v) is 6.88. The topological polar surface area (TPSA) is 32.3 Å². The van der Waals surface area contributed by atoms with Crippen LogP contribution in [-0.2, 0) is 6.42 Å². The van der Waals surface area contributed by atoms with Crippen molar-refractivity contribution in [2.24, 2.45) is 0 Å².